The summed E-state index contributed by atoms with van der Waals surface area (Å²) in [5.74, 6) is 1.08. The standard InChI is InChI=1S/C24H33N5O3/c1-14(2)26-23(31)32-18-9-7-15(10-18)20-12-21(29(28-20)24(3,4)5)27-17-8-6-16-13-25-22(30)19(16)11-17/h6,8,11-12,14-15,18,27H,7,9-10,13H2,1-5H3,(H,25,30)(H,26,31)/t15-,18+/m0/s1. The second-order valence-corrected chi connectivity index (χ2v) is 10.1. The van der Waals surface area contributed by atoms with Gasteiger partial charge in [0.2, 0.25) is 0 Å². The molecule has 0 unspecified atom stereocenters. The number of hydrogen-bond acceptors (Lipinski definition) is 5. The second-order valence-electron chi connectivity index (χ2n) is 10.1. The van der Waals surface area contributed by atoms with E-state index in [2.05, 4.69) is 42.8 Å². The fourth-order valence-corrected chi connectivity index (χ4v) is 4.37. The second kappa shape index (κ2) is 8.48. The number of benzene rings is 1. The van der Waals surface area contributed by atoms with E-state index in [0.29, 0.717) is 12.1 Å². The van der Waals surface area contributed by atoms with Gasteiger partial charge in [0.1, 0.15) is 11.9 Å². The number of aromatic nitrogens is 2. The minimum atomic E-state index is -0.353. The molecule has 0 spiro atoms. The summed E-state index contributed by atoms with van der Waals surface area (Å²) in [5.41, 5.74) is 3.37. The maximum Gasteiger partial charge on any atom is 0.407 e. The van der Waals surface area contributed by atoms with Crippen LogP contribution in [0.3, 0.4) is 0 Å². The lowest BCUT2D eigenvalue weighted by Gasteiger charge is -2.23. The van der Waals surface area contributed by atoms with Crippen molar-refractivity contribution in [3.05, 3.63) is 41.1 Å². The SMILES string of the molecule is CC(C)NC(=O)O[C@@H]1CC[C@H](c2cc(Nc3ccc4c(c3)C(=O)NC4)n(C(C)(C)C)n2)C1. The van der Waals surface area contributed by atoms with Gasteiger partial charge in [-0.1, -0.05) is 6.07 Å². The Morgan fingerprint density at radius 1 is 1.25 bits per heavy atom. The molecule has 0 saturated heterocycles. The molecule has 1 saturated carbocycles. The van der Waals surface area contributed by atoms with Crippen LogP contribution in [0.5, 0.6) is 0 Å². The van der Waals surface area contributed by atoms with Crippen LogP contribution in [0.15, 0.2) is 24.3 Å². The molecule has 2 amide bonds. The number of fused-ring (bicyclic) bond motifs is 1. The Morgan fingerprint density at radius 2 is 2.03 bits per heavy atom. The van der Waals surface area contributed by atoms with Gasteiger partial charge in [-0.2, -0.15) is 5.10 Å². The lowest BCUT2D eigenvalue weighted by Crippen LogP contribution is -2.33. The van der Waals surface area contributed by atoms with Crippen molar-refractivity contribution in [2.45, 2.75) is 84.0 Å². The largest absolute Gasteiger partial charge is 0.446 e. The molecule has 8 heteroatoms. The zero-order chi connectivity index (χ0) is 23.0. The monoisotopic (exact) mass is 439 g/mol. The van der Waals surface area contributed by atoms with Crippen molar-refractivity contribution >= 4 is 23.5 Å². The Balaban J connectivity index is 1.51. The number of ether oxygens (including phenoxy) is 1. The Hall–Kier alpha value is -3.03. The number of alkyl carbamates (subject to hydrolysis) is 1. The van der Waals surface area contributed by atoms with E-state index in [1.54, 1.807) is 0 Å². The van der Waals surface area contributed by atoms with Gasteiger partial charge in [-0.05, 0) is 71.6 Å². The van der Waals surface area contributed by atoms with Crippen molar-refractivity contribution < 1.29 is 14.3 Å². The van der Waals surface area contributed by atoms with Gasteiger partial charge in [0.05, 0.1) is 11.2 Å². The number of carbonyl (C=O) groups excluding carboxylic acids is 2. The van der Waals surface area contributed by atoms with E-state index in [0.717, 1.165) is 42.0 Å². The molecule has 1 aromatic heterocycles. The van der Waals surface area contributed by atoms with Crippen molar-refractivity contribution in [2.24, 2.45) is 0 Å². The van der Waals surface area contributed by atoms with E-state index in [1.165, 1.54) is 0 Å². The minimum absolute atomic E-state index is 0.0350. The van der Waals surface area contributed by atoms with Crippen LogP contribution in [0.25, 0.3) is 0 Å². The summed E-state index contributed by atoms with van der Waals surface area (Å²) in [6.45, 7) is 10.8. The molecule has 1 aliphatic heterocycles. The molecular formula is C24H33N5O3. The van der Waals surface area contributed by atoms with Crippen LogP contribution in [-0.2, 0) is 16.8 Å². The predicted octanol–water partition coefficient (Wildman–Crippen LogP) is 4.40. The summed E-state index contributed by atoms with van der Waals surface area (Å²) < 4.78 is 7.58. The molecule has 2 aliphatic rings. The van der Waals surface area contributed by atoms with Gasteiger partial charge in [0.15, 0.2) is 0 Å². The van der Waals surface area contributed by atoms with E-state index >= 15 is 0 Å². The normalized spacial score (nSPS) is 20.2. The Bertz CT molecular complexity index is 1020. The summed E-state index contributed by atoms with van der Waals surface area (Å²) in [6, 6.07) is 8.01. The molecule has 4 rings (SSSR count). The highest BCUT2D eigenvalue weighted by Crippen LogP contribution is 2.38. The minimum Gasteiger partial charge on any atom is -0.446 e. The van der Waals surface area contributed by atoms with Crippen LogP contribution in [-0.4, -0.2) is 33.9 Å². The van der Waals surface area contributed by atoms with Crippen molar-refractivity contribution in [1.82, 2.24) is 20.4 Å². The van der Waals surface area contributed by atoms with Crippen LogP contribution in [0.1, 0.15) is 81.4 Å². The first kappa shape index (κ1) is 22.2. The van der Waals surface area contributed by atoms with E-state index in [4.69, 9.17) is 9.84 Å². The zero-order valence-electron chi connectivity index (χ0n) is 19.5. The molecule has 172 valence electrons. The molecule has 0 radical (unpaired) electrons. The zero-order valence-corrected chi connectivity index (χ0v) is 19.5. The molecule has 1 aromatic carbocycles. The van der Waals surface area contributed by atoms with Crippen molar-refractivity contribution in [3.8, 4) is 0 Å². The molecule has 1 aliphatic carbocycles. The average molecular weight is 440 g/mol. The van der Waals surface area contributed by atoms with Crippen LogP contribution in [0.4, 0.5) is 16.3 Å². The number of carbonyl (C=O) groups is 2. The van der Waals surface area contributed by atoms with Crippen LogP contribution in [0.2, 0.25) is 0 Å². The Labute approximate surface area is 189 Å². The van der Waals surface area contributed by atoms with Crippen LogP contribution >= 0.6 is 0 Å². The van der Waals surface area contributed by atoms with Crippen molar-refractivity contribution in [1.29, 1.82) is 0 Å². The number of nitrogens with zero attached hydrogens (tertiary/aromatic N) is 2. The van der Waals surface area contributed by atoms with Gasteiger partial charge < -0.3 is 20.7 Å². The molecule has 8 nitrogen and oxygen atoms in total. The number of hydrogen-bond donors (Lipinski definition) is 3. The first-order chi connectivity index (χ1) is 15.1. The molecule has 1 fully saturated rings. The van der Waals surface area contributed by atoms with Gasteiger partial charge in [-0.15, -0.1) is 0 Å². The van der Waals surface area contributed by atoms with Crippen molar-refractivity contribution in [2.75, 3.05) is 5.32 Å². The molecular weight excluding hydrogens is 406 g/mol. The molecule has 2 heterocycles. The highest BCUT2D eigenvalue weighted by molar-refractivity contribution is 5.99. The van der Waals surface area contributed by atoms with Crippen LogP contribution in [0, 0.1) is 0 Å². The predicted molar refractivity (Wildman–Crippen MR) is 123 cm³/mol. The van der Waals surface area contributed by atoms with E-state index in [9.17, 15) is 9.59 Å². The molecule has 32 heavy (non-hydrogen) atoms. The number of nitrogens with one attached hydrogen (secondary N) is 3. The van der Waals surface area contributed by atoms with E-state index in [-0.39, 0.29) is 35.6 Å². The summed E-state index contributed by atoms with van der Waals surface area (Å²) in [5, 5.41) is 14.0. The third-order valence-corrected chi connectivity index (χ3v) is 5.91. The van der Waals surface area contributed by atoms with Gasteiger partial charge in [-0.3, -0.25) is 4.79 Å². The molecule has 3 N–H and O–H groups in total. The fourth-order valence-electron chi connectivity index (χ4n) is 4.37. The highest BCUT2D eigenvalue weighted by Gasteiger charge is 2.32. The first-order valence-electron chi connectivity index (χ1n) is 11.4. The molecule has 0 bridgehead atoms. The summed E-state index contributed by atoms with van der Waals surface area (Å²) >= 11 is 0. The maximum atomic E-state index is 12.0. The summed E-state index contributed by atoms with van der Waals surface area (Å²) in [4.78, 5) is 24.0. The van der Waals surface area contributed by atoms with Gasteiger partial charge in [0, 0.05) is 35.8 Å². The topological polar surface area (TPSA) is 97.3 Å². The quantitative estimate of drug-likeness (QED) is 0.642. The van der Waals surface area contributed by atoms with Gasteiger partial charge >= 0.3 is 6.09 Å². The summed E-state index contributed by atoms with van der Waals surface area (Å²) in [7, 11) is 0. The maximum absolute atomic E-state index is 12.0. The van der Waals surface area contributed by atoms with Crippen molar-refractivity contribution in [3.63, 3.8) is 0 Å². The lowest BCUT2D eigenvalue weighted by atomic mass is 10.0. The van der Waals surface area contributed by atoms with Crippen LogP contribution < -0.4 is 16.0 Å². The Kier molecular flexibility index (Phi) is 5.88. The average Bonchev–Trinajstić information content (AvgIpc) is 3.40. The number of anilines is 2. The highest BCUT2D eigenvalue weighted by atomic mass is 16.6. The lowest BCUT2D eigenvalue weighted by molar-refractivity contribution is 0.0962. The Morgan fingerprint density at radius 3 is 2.75 bits per heavy atom. The third kappa shape index (κ3) is 4.74. The third-order valence-electron chi connectivity index (χ3n) is 5.91. The fraction of sp³-hybridized carbons (Fsp3) is 0.542. The molecule has 2 aromatic rings. The first-order valence-corrected chi connectivity index (χ1v) is 11.4. The number of rotatable bonds is 5. The van der Waals surface area contributed by atoms with Gasteiger partial charge in [-0.25, -0.2) is 9.48 Å². The molecule has 2 atom stereocenters. The van der Waals surface area contributed by atoms with E-state index in [1.807, 2.05) is 36.7 Å². The number of amides is 2. The van der Waals surface area contributed by atoms with E-state index < -0.39 is 0 Å². The smallest absolute Gasteiger partial charge is 0.407 e. The van der Waals surface area contributed by atoms with Gasteiger partial charge in [0.25, 0.3) is 5.91 Å². The summed E-state index contributed by atoms with van der Waals surface area (Å²) in [6.07, 6.45) is 2.09.